The van der Waals surface area contributed by atoms with Crippen LogP contribution in [-0.4, -0.2) is 42.3 Å². The molecule has 1 aliphatic heterocycles. The minimum atomic E-state index is -0.383. The highest BCUT2D eigenvalue weighted by atomic mass is 19.1. The van der Waals surface area contributed by atoms with Crippen molar-refractivity contribution in [3.63, 3.8) is 0 Å². The van der Waals surface area contributed by atoms with Gasteiger partial charge in [-0.3, -0.25) is 14.4 Å². The lowest BCUT2D eigenvalue weighted by Crippen LogP contribution is -2.41. The number of nitrogens with zero attached hydrogens (tertiary/aromatic N) is 1. The molecule has 1 aliphatic rings. The van der Waals surface area contributed by atoms with E-state index in [-0.39, 0.29) is 29.5 Å². The summed E-state index contributed by atoms with van der Waals surface area (Å²) in [6.45, 7) is 3.55. The summed E-state index contributed by atoms with van der Waals surface area (Å²) >= 11 is 0. The number of anilines is 1. The second-order valence-corrected chi connectivity index (χ2v) is 7.72. The third kappa shape index (κ3) is 5.90. The number of carbonyl (C=O) groups is 3. The molecule has 3 rings (SSSR count). The summed E-state index contributed by atoms with van der Waals surface area (Å²) in [5.74, 6) is -1.14. The van der Waals surface area contributed by atoms with Gasteiger partial charge in [0.15, 0.2) is 0 Å². The number of benzene rings is 2. The highest BCUT2D eigenvalue weighted by molar-refractivity contribution is 6.04. The van der Waals surface area contributed by atoms with Crippen LogP contribution in [0, 0.1) is 11.7 Å². The van der Waals surface area contributed by atoms with Crippen molar-refractivity contribution in [3.8, 4) is 0 Å². The molecule has 1 fully saturated rings. The predicted octanol–water partition coefficient (Wildman–Crippen LogP) is 3.85. The number of carbonyl (C=O) groups excluding carboxylic acids is 3. The third-order valence-corrected chi connectivity index (χ3v) is 5.49. The molecular formula is C24H28FN3O3. The summed E-state index contributed by atoms with van der Waals surface area (Å²) in [4.78, 5) is 39.5. The molecule has 31 heavy (non-hydrogen) atoms. The number of rotatable bonds is 7. The highest BCUT2D eigenvalue weighted by Crippen LogP contribution is 2.23. The summed E-state index contributed by atoms with van der Waals surface area (Å²) in [5.41, 5.74) is 1.37. The fourth-order valence-electron chi connectivity index (χ4n) is 3.62. The molecule has 3 amide bonds. The molecule has 2 N–H and O–H groups in total. The first-order valence-corrected chi connectivity index (χ1v) is 10.7. The molecule has 0 atom stereocenters. The average Bonchev–Trinajstić information content (AvgIpc) is 2.79. The summed E-state index contributed by atoms with van der Waals surface area (Å²) in [6.07, 6.45) is 2.95. The van der Waals surface area contributed by atoms with Gasteiger partial charge in [0.2, 0.25) is 5.91 Å². The molecule has 1 heterocycles. The van der Waals surface area contributed by atoms with E-state index in [0.29, 0.717) is 49.3 Å². The number of piperidine rings is 1. The minimum Gasteiger partial charge on any atom is -0.352 e. The van der Waals surface area contributed by atoms with Crippen LogP contribution in [0.5, 0.6) is 0 Å². The van der Waals surface area contributed by atoms with Gasteiger partial charge in [0.25, 0.3) is 11.8 Å². The Morgan fingerprint density at radius 2 is 1.71 bits per heavy atom. The van der Waals surface area contributed by atoms with Crippen molar-refractivity contribution in [2.45, 2.75) is 32.6 Å². The summed E-state index contributed by atoms with van der Waals surface area (Å²) in [7, 11) is 0. The lowest BCUT2D eigenvalue weighted by molar-refractivity contribution is -0.121. The van der Waals surface area contributed by atoms with E-state index in [1.54, 1.807) is 29.2 Å². The van der Waals surface area contributed by atoms with Crippen LogP contribution in [0.1, 0.15) is 53.3 Å². The van der Waals surface area contributed by atoms with E-state index >= 15 is 0 Å². The van der Waals surface area contributed by atoms with Gasteiger partial charge >= 0.3 is 0 Å². The Morgan fingerprint density at radius 1 is 1.03 bits per heavy atom. The van der Waals surface area contributed by atoms with Gasteiger partial charge in [-0.05, 0) is 55.7 Å². The Kier molecular flexibility index (Phi) is 7.76. The number of hydrogen-bond acceptors (Lipinski definition) is 3. The zero-order valence-electron chi connectivity index (χ0n) is 17.7. The molecule has 0 radical (unpaired) electrons. The molecule has 0 saturated carbocycles. The lowest BCUT2D eigenvalue weighted by Gasteiger charge is -2.31. The predicted molar refractivity (Wildman–Crippen MR) is 117 cm³/mol. The molecule has 1 saturated heterocycles. The van der Waals surface area contributed by atoms with E-state index < -0.39 is 0 Å². The van der Waals surface area contributed by atoms with Gasteiger partial charge in [-0.15, -0.1) is 0 Å². The van der Waals surface area contributed by atoms with Crippen molar-refractivity contribution in [2.75, 3.05) is 25.0 Å². The normalized spacial score (nSPS) is 14.2. The van der Waals surface area contributed by atoms with Gasteiger partial charge in [0, 0.05) is 31.1 Å². The van der Waals surface area contributed by atoms with Crippen LogP contribution in [-0.2, 0) is 4.79 Å². The van der Waals surface area contributed by atoms with Crippen LogP contribution in [0.4, 0.5) is 10.1 Å². The quantitative estimate of drug-likeness (QED) is 0.662. The Labute approximate surface area is 181 Å². The van der Waals surface area contributed by atoms with Crippen molar-refractivity contribution in [2.24, 2.45) is 5.92 Å². The Bertz CT molecular complexity index is 922. The zero-order chi connectivity index (χ0) is 22.2. The van der Waals surface area contributed by atoms with Crippen LogP contribution >= 0.6 is 0 Å². The van der Waals surface area contributed by atoms with Gasteiger partial charge in [-0.1, -0.05) is 25.5 Å². The van der Waals surface area contributed by atoms with E-state index in [2.05, 4.69) is 17.6 Å². The smallest absolute Gasteiger partial charge is 0.253 e. The zero-order valence-corrected chi connectivity index (χ0v) is 17.7. The summed E-state index contributed by atoms with van der Waals surface area (Å²) < 4.78 is 13.1. The second kappa shape index (κ2) is 10.7. The van der Waals surface area contributed by atoms with Crippen molar-refractivity contribution in [3.05, 3.63) is 65.5 Å². The lowest BCUT2D eigenvalue weighted by atomic mass is 9.95. The maximum absolute atomic E-state index is 13.1. The average molecular weight is 426 g/mol. The molecule has 6 nitrogen and oxygen atoms in total. The van der Waals surface area contributed by atoms with Crippen molar-refractivity contribution >= 4 is 23.4 Å². The van der Waals surface area contributed by atoms with Crippen LogP contribution < -0.4 is 10.6 Å². The molecule has 0 aliphatic carbocycles. The first kappa shape index (κ1) is 22.5. The van der Waals surface area contributed by atoms with Gasteiger partial charge in [0.1, 0.15) is 5.82 Å². The number of likely N-dealkylation sites (tertiary alicyclic amines) is 1. The van der Waals surface area contributed by atoms with Gasteiger partial charge in [-0.2, -0.15) is 0 Å². The fraction of sp³-hybridized carbons (Fsp3) is 0.375. The van der Waals surface area contributed by atoms with E-state index in [1.807, 2.05) is 0 Å². The topological polar surface area (TPSA) is 78.5 Å². The third-order valence-electron chi connectivity index (χ3n) is 5.49. The summed E-state index contributed by atoms with van der Waals surface area (Å²) in [5, 5.41) is 5.76. The van der Waals surface area contributed by atoms with E-state index in [9.17, 15) is 18.8 Å². The maximum atomic E-state index is 13.1. The fourth-order valence-corrected chi connectivity index (χ4v) is 3.62. The molecule has 0 unspecified atom stereocenters. The van der Waals surface area contributed by atoms with Crippen LogP contribution in [0.15, 0.2) is 48.5 Å². The number of hydrogen-bond donors (Lipinski definition) is 2. The Morgan fingerprint density at radius 3 is 2.39 bits per heavy atom. The van der Waals surface area contributed by atoms with E-state index in [0.717, 1.165) is 12.8 Å². The number of halogens is 1. The minimum absolute atomic E-state index is 0.150. The SMILES string of the molecule is CCCCNC(=O)c1ccccc1NC(=O)C1CCN(C(=O)c2ccc(F)cc2)CC1. The monoisotopic (exact) mass is 425 g/mol. The Balaban J connectivity index is 1.56. The maximum Gasteiger partial charge on any atom is 0.253 e. The molecule has 0 spiro atoms. The van der Waals surface area contributed by atoms with Crippen LogP contribution in [0.25, 0.3) is 0 Å². The standard InChI is InChI=1S/C24H28FN3O3/c1-2-3-14-26-23(30)20-6-4-5-7-21(20)27-22(29)17-12-15-28(16-13-17)24(31)18-8-10-19(25)11-9-18/h4-11,17H,2-3,12-16H2,1H3,(H,26,30)(H,27,29). The van der Waals surface area contributed by atoms with Crippen molar-refractivity contribution < 1.29 is 18.8 Å². The van der Waals surface area contributed by atoms with Gasteiger partial charge in [0.05, 0.1) is 11.3 Å². The molecule has 164 valence electrons. The number of para-hydroxylation sites is 1. The molecule has 2 aromatic rings. The van der Waals surface area contributed by atoms with Crippen molar-refractivity contribution in [1.29, 1.82) is 0 Å². The van der Waals surface area contributed by atoms with E-state index in [1.165, 1.54) is 24.3 Å². The van der Waals surface area contributed by atoms with Crippen molar-refractivity contribution in [1.82, 2.24) is 10.2 Å². The largest absolute Gasteiger partial charge is 0.352 e. The molecule has 2 aromatic carbocycles. The molecule has 7 heteroatoms. The first-order chi connectivity index (χ1) is 15.0. The number of amides is 3. The van der Waals surface area contributed by atoms with Crippen LogP contribution in [0.3, 0.4) is 0 Å². The highest BCUT2D eigenvalue weighted by Gasteiger charge is 2.28. The first-order valence-electron chi connectivity index (χ1n) is 10.7. The molecule has 0 bridgehead atoms. The molecular weight excluding hydrogens is 397 g/mol. The summed E-state index contributed by atoms with van der Waals surface area (Å²) in [6, 6.07) is 12.4. The van der Waals surface area contributed by atoms with Crippen LogP contribution in [0.2, 0.25) is 0 Å². The van der Waals surface area contributed by atoms with Gasteiger partial charge in [-0.25, -0.2) is 4.39 Å². The van der Waals surface area contributed by atoms with Gasteiger partial charge < -0.3 is 15.5 Å². The second-order valence-electron chi connectivity index (χ2n) is 7.72. The number of nitrogens with one attached hydrogen (secondary N) is 2. The Hall–Kier alpha value is -3.22. The van der Waals surface area contributed by atoms with E-state index in [4.69, 9.17) is 0 Å². The molecule has 0 aromatic heterocycles. The number of unbranched alkanes of at least 4 members (excludes halogenated alkanes) is 1.